The number of aromatic nitrogens is 3. The lowest BCUT2D eigenvalue weighted by molar-refractivity contribution is 0.102. The SMILES string of the molecule is CCCS(=O)(=O)Nc1cccc(C(=O)Nc2cnc3n[nH]c(Br)c3c2)c1F. The number of benzene rings is 1. The van der Waals surface area contributed by atoms with Gasteiger partial charge in [0.2, 0.25) is 10.0 Å². The molecule has 2 heterocycles. The fourth-order valence-corrected chi connectivity index (χ4v) is 3.92. The second-order valence-electron chi connectivity index (χ2n) is 5.67. The smallest absolute Gasteiger partial charge is 0.258 e. The fourth-order valence-electron chi connectivity index (χ4n) is 2.41. The van der Waals surface area contributed by atoms with Crippen LogP contribution in [-0.4, -0.2) is 35.3 Å². The number of halogens is 2. The summed E-state index contributed by atoms with van der Waals surface area (Å²) in [5.74, 6) is -1.83. The predicted molar refractivity (Wildman–Crippen MR) is 104 cm³/mol. The van der Waals surface area contributed by atoms with Crippen LogP contribution in [0, 0.1) is 5.82 Å². The highest BCUT2D eigenvalue weighted by atomic mass is 79.9. The van der Waals surface area contributed by atoms with E-state index in [0.29, 0.717) is 27.7 Å². The minimum Gasteiger partial charge on any atom is -0.320 e. The van der Waals surface area contributed by atoms with Gasteiger partial charge in [0.25, 0.3) is 5.91 Å². The third-order valence-electron chi connectivity index (χ3n) is 3.60. The van der Waals surface area contributed by atoms with Crippen molar-refractivity contribution in [2.24, 2.45) is 0 Å². The van der Waals surface area contributed by atoms with Gasteiger partial charge in [0.15, 0.2) is 11.5 Å². The molecule has 0 saturated carbocycles. The zero-order chi connectivity index (χ0) is 19.6. The molecule has 1 amide bonds. The van der Waals surface area contributed by atoms with Crippen molar-refractivity contribution in [2.75, 3.05) is 15.8 Å². The molecule has 0 spiro atoms. The summed E-state index contributed by atoms with van der Waals surface area (Å²) < 4.78 is 41.1. The van der Waals surface area contributed by atoms with E-state index in [2.05, 4.69) is 41.2 Å². The first-order valence-corrected chi connectivity index (χ1v) is 10.3. The lowest BCUT2D eigenvalue weighted by Gasteiger charge is -2.11. The van der Waals surface area contributed by atoms with E-state index in [-0.39, 0.29) is 17.0 Å². The number of hydrogen-bond acceptors (Lipinski definition) is 5. The summed E-state index contributed by atoms with van der Waals surface area (Å²) >= 11 is 3.28. The number of hydrogen-bond donors (Lipinski definition) is 3. The number of amides is 1. The van der Waals surface area contributed by atoms with Gasteiger partial charge in [0.1, 0.15) is 4.60 Å². The molecule has 0 saturated heterocycles. The molecule has 0 bridgehead atoms. The molecule has 27 heavy (non-hydrogen) atoms. The lowest BCUT2D eigenvalue weighted by atomic mass is 10.1. The van der Waals surface area contributed by atoms with E-state index < -0.39 is 21.7 Å². The van der Waals surface area contributed by atoms with E-state index in [0.717, 1.165) is 0 Å². The van der Waals surface area contributed by atoms with Gasteiger partial charge in [-0.2, -0.15) is 5.10 Å². The van der Waals surface area contributed by atoms with Gasteiger partial charge in [-0.25, -0.2) is 17.8 Å². The standard InChI is InChI=1S/C16H15BrFN5O3S/c1-2-6-27(25,26)23-12-5-3-4-10(13(12)18)16(24)20-9-7-11-14(17)21-22-15(11)19-8-9/h3-5,7-8,23H,2,6H2,1H3,(H,20,24)(H,19,21,22). The van der Waals surface area contributed by atoms with Crippen LogP contribution in [0.4, 0.5) is 15.8 Å². The number of carbonyl (C=O) groups is 1. The summed E-state index contributed by atoms with van der Waals surface area (Å²) in [6.07, 6.45) is 1.77. The average molecular weight is 456 g/mol. The first kappa shape index (κ1) is 19.2. The second kappa shape index (κ2) is 7.61. The highest BCUT2D eigenvalue weighted by Crippen LogP contribution is 2.24. The molecule has 0 aliphatic rings. The highest BCUT2D eigenvalue weighted by molar-refractivity contribution is 9.10. The largest absolute Gasteiger partial charge is 0.320 e. The number of carbonyl (C=O) groups excluding carboxylic acids is 1. The number of fused-ring (bicyclic) bond motifs is 1. The molecule has 2 aromatic heterocycles. The summed E-state index contributed by atoms with van der Waals surface area (Å²) in [6, 6.07) is 5.55. The normalized spacial score (nSPS) is 11.5. The molecule has 0 aliphatic carbocycles. The van der Waals surface area contributed by atoms with Crippen LogP contribution in [0.25, 0.3) is 11.0 Å². The summed E-state index contributed by atoms with van der Waals surface area (Å²) in [4.78, 5) is 16.5. The molecule has 0 fully saturated rings. The molecular weight excluding hydrogens is 441 g/mol. The Morgan fingerprint density at radius 3 is 2.89 bits per heavy atom. The number of pyridine rings is 1. The van der Waals surface area contributed by atoms with E-state index in [1.165, 1.54) is 24.4 Å². The van der Waals surface area contributed by atoms with Gasteiger partial charge in [-0.1, -0.05) is 13.0 Å². The van der Waals surface area contributed by atoms with Crippen molar-refractivity contribution in [2.45, 2.75) is 13.3 Å². The molecule has 8 nitrogen and oxygen atoms in total. The van der Waals surface area contributed by atoms with Crippen molar-refractivity contribution in [1.29, 1.82) is 0 Å². The van der Waals surface area contributed by atoms with Crippen LogP contribution in [0.5, 0.6) is 0 Å². The van der Waals surface area contributed by atoms with Crippen molar-refractivity contribution in [3.63, 3.8) is 0 Å². The van der Waals surface area contributed by atoms with Gasteiger partial charge in [-0.3, -0.25) is 14.6 Å². The Bertz CT molecular complexity index is 1120. The topological polar surface area (TPSA) is 117 Å². The third-order valence-corrected chi connectivity index (χ3v) is 5.68. The highest BCUT2D eigenvalue weighted by Gasteiger charge is 2.19. The minimum atomic E-state index is -3.68. The van der Waals surface area contributed by atoms with Crippen LogP contribution in [-0.2, 0) is 10.0 Å². The maximum absolute atomic E-state index is 14.6. The number of nitrogens with one attached hydrogen (secondary N) is 3. The molecule has 0 aliphatic heterocycles. The van der Waals surface area contributed by atoms with Crippen molar-refractivity contribution in [1.82, 2.24) is 15.2 Å². The third kappa shape index (κ3) is 4.25. The zero-order valence-corrected chi connectivity index (χ0v) is 16.5. The Morgan fingerprint density at radius 2 is 2.15 bits per heavy atom. The number of aromatic amines is 1. The number of sulfonamides is 1. The Kier molecular flexibility index (Phi) is 5.42. The number of nitrogens with zero attached hydrogens (tertiary/aromatic N) is 2. The molecule has 0 unspecified atom stereocenters. The molecule has 0 atom stereocenters. The quantitative estimate of drug-likeness (QED) is 0.527. The number of anilines is 2. The zero-order valence-electron chi connectivity index (χ0n) is 14.1. The van der Waals surface area contributed by atoms with Crippen molar-refractivity contribution < 1.29 is 17.6 Å². The summed E-state index contributed by atoms with van der Waals surface area (Å²) in [5, 5.41) is 9.84. The Hall–Kier alpha value is -2.53. The molecule has 1 aromatic carbocycles. The van der Waals surface area contributed by atoms with E-state index in [9.17, 15) is 17.6 Å². The van der Waals surface area contributed by atoms with Crippen molar-refractivity contribution in [3.05, 3.63) is 46.4 Å². The van der Waals surface area contributed by atoms with Crippen LogP contribution in [0.1, 0.15) is 23.7 Å². The Labute approximate surface area is 162 Å². The second-order valence-corrected chi connectivity index (χ2v) is 8.31. The Balaban J connectivity index is 1.85. The van der Waals surface area contributed by atoms with Gasteiger partial charge in [-0.05, 0) is 40.5 Å². The molecule has 0 radical (unpaired) electrons. The van der Waals surface area contributed by atoms with Crippen LogP contribution < -0.4 is 10.0 Å². The molecule has 3 rings (SSSR count). The summed E-state index contributed by atoms with van der Waals surface area (Å²) in [6.45, 7) is 1.70. The molecular formula is C16H15BrFN5O3S. The van der Waals surface area contributed by atoms with E-state index >= 15 is 0 Å². The maximum Gasteiger partial charge on any atom is 0.258 e. The number of rotatable bonds is 6. The lowest BCUT2D eigenvalue weighted by Crippen LogP contribution is -2.19. The van der Waals surface area contributed by atoms with E-state index in [1.54, 1.807) is 13.0 Å². The monoisotopic (exact) mass is 455 g/mol. The van der Waals surface area contributed by atoms with Crippen molar-refractivity contribution >= 4 is 54.3 Å². The predicted octanol–water partition coefficient (Wildman–Crippen LogP) is 3.26. The fraction of sp³-hybridized carbons (Fsp3) is 0.188. The molecule has 11 heteroatoms. The van der Waals surface area contributed by atoms with Gasteiger partial charge in [0.05, 0.1) is 34.3 Å². The van der Waals surface area contributed by atoms with Gasteiger partial charge < -0.3 is 5.32 Å². The van der Waals surface area contributed by atoms with Crippen LogP contribution in [0.2, 0.25) is 0 Å². The molecule has 142 valence electrons. The summed E-state index contributed by atoms with van der Waals surface area (Å²) in [7, 11) is -3.68. The van der Waals surface area contributed by atoms with Gasteiger partial charge >= 0.3 is 0 Å². The molecule has 3 N–H and O–H groups in total. The van der Waals surface area contributed by atoms with Gasteiger partial charge in [-0.15, -0.1) is 0 Å². The van der Waals surface area contributed by atoms with E-state index in [4.69, 9.17) is 0 Å². The maximum atomic E-state index is 14.6. The molecule has 3 aromatic rings. The minimum absolute atomic E-state index is 0.145. The van der Waals surface area contributed by atoms with Gasteiger partial charge in [0, 0.05) is 0 Å². The van der Waals surface area contributed by atoms with E-state index in [1.807, 2.05) is 0 Å². The average Bonchev–Trinajstić information content (AvgIpc) is 2.97. The van der Waals surface area contributed by atoms with Crippen LogP contribution in [0.3, 0.4) is 0 Å². The number of H-pyrrole nitrogens is 1. The van der Waals surface area contributed by atoms with Crippen LogP contribution >= 0.6 is 15.9 Å². The first-order valence-electron chi connectivity index (χ1n) is 7.90. The Morgan fingerprint density at radius 1 is 1.37 bits per heavy atom. The van der Waals surface area contributed by atoms with Crippen LogP contribution in [0.15, 0.2) is 35.1 Å². The van der Waals surface area contributed by atoms with Crippen molar-refractivity contribution in [3.8, 4) is 0 Å². The first-order chi connectivity index (χ1) is 12.8. The summed E-state index contributed by atoms with van der Waals surface area (Å²) in [5.41, 5.74) is 0.227.